The van der Waals surface area contributed by atoms with E-state index in [4.69, 9.17) is 34.8 Å². The lowest BCUT2D eigenvalue weighted by molar-refractivity contribution is 0.628. The Morgan fingerprint density at radius 3 is 2.48 bits per heavy atom. The maximum Gasteiger partial charge on any atom is 0.263 e. The van der Waals surface area contributed by atoms with Crippen molar-refractivity contribution in [3.63, 3.8) is 0 Å². The third-order valence-electron chi connectivity index (χ3n) is 4.18. The maximum atomic E-state index is 13.2. The van der Waals surface area contributed by atoms with Gasteiger partial charge in [0.15, 0.2) is 0 Å². The highest BCUT2D eigenvalue weighted by Crippen LogP contribution is 2.33. The monoisotopic (exact) mass is 438 g/mol. The Morgan fingerprint density at radius 2 is 1.74 bits per heavy atom. The Morgan fingerprint density at radius 1 is 1.04 bits per heavy atom. The molecule has 4 rings (SSSR count). The first-order valence-electron chi connectivity index (χ1n) is 7.80. The summed E-state index contributed by atoms with van der Waals surface area (Å²) in [6.07, 6.45) is 1.46. The second-order valence-electron chi connectivity index (χ2n) is 5.84. The van der Waals surface area contributed by atoms with Gasteiger partial charge in [-0.3, -0.25) is 9.36 Å². The summed E-state index contributed by atoms with van der Waals surface area (Å²) in [5.74, 6) is -0.334. The molecule has 0 spiro atoms. The average molecular weight is 440 g/mol. The van der Waals surface area contributed by atoms with Crippen LogP contribution in [0.2, 0.25) is 15.1 Å². The molecule has 0 aliphatic heterocycles. The number of benzene rings is 2. The van der Waals surface area contributed by atoms with E-state index in [1.165, 1.54) is 34.4 Å². The Balaban J connectivity index is 1.86. The van der Waals surface area contributed by atoms with Crippen LogP contribution in [-0.2, 0) is 6.54 Å². The summed E-state index contributed by atoms with van der Waals surface area (Å²) < 4.78 is 14.7. The average Bonchev–Trinajstić information content (AvgIpc) is 3.09. The molecular weight excluding hydrogens is 430 g/mol. The summed E-state index contributed by atoms with van der Waals surface area (Å²) in [5.41, 5.74) is 1.78. The number of thiophene rings is 1. The van der Waals surface area contributed by atoms with Gasteiger partial charge in [0, 0.05) is 21.5 Å². The van der Waals surface area contributed by atoms with Gasteiger partial charge < -0.3 is 0 Å². The lowest BCUT2D eigenvalue weighted by Gasteiger charge is -2.11. The molecule has 4 aromatic rings. The van der Waals surface area contributed by atoms with Gasteiger partial charge >= 0.3 is 0 Å². The number of halogens is 4. The molecule has 0 amide bonds. The Labute approximate surface area is 172 Å². The van der Waals surface area contributed by atoms with E-state index in [9.17, 15) is 9.18 Å². The van der Waals surface area contributed by atoms with Crippen molar-refractivity contribution in [2.45, 2.75) is 6.54 Å². The van der Waals surface area contributed by atoms with Crippen molar-refractivity contribution in [1.82, 2.24) is 9.55 Å². The van der Waals surface area contributed by atoms with Crippen LogP contribution in [0.15, 0.2) is 52.9 Å². The van der Waals surface area contributed by atoms with Crippen LogP contribution in [0.25, 0.3) is 21.3 Å². The van der Waals surface area contributed by atoms with Crippen molar-refractivity contribution >= 4 is 56.4 Å². The molecule has 0 aliphatic rings. The summed E-state index contributed by atoms with van der Waals surface area (Å²) in [6.45, 7) is 0.138. The molecule has 27 heavy (non-hydrogen) atoms. The van der Waals surface area contributed by atoms with E-state index in [2.05, 4.69) is 4.98 Å². The standard InChI is InChI=1S/C19H10Cl3FN2OS/c20-14-5-6-15(21)17(22)12(14)7-25-9-24-18-16(19(25)26)13(8-27-18)10-1-3-11(23)4-2-10/h1-6,8-9H,7H2. The smallest absolute Gasteiger partial charge is 0.263 e. The molecule has 2 aromatic carbocycles. The second kappa shape index (κ2) is 7.24. The van der Waals surface area contributed by atoms with Crippen molar-refractivity contribution in [2.75, 3.05) is 0 Å². The Kier molecular flexibility index (Phi) is 4.95. The highest BCUT2D eigenvalue weighted by molar-refractivity contribution is 7.17. The van der Waals surface area contributed by atoms with Crippen LogP contribution in [0.3, 0.4) is 0 Å². The first-order chi connectivity index (χ1) is 13.0. The van der Waals surface area contributed by atoms with Crippen molar-refractivity contribution in [2.24, 2.45) is 0 Å². The van der Waals surface area contributed by atoms with Gasteiger partial charge in [0.25, 0.3) is 5.56 Å². The summed E-state index contributed by atoms with van der Waals surface area (Å²) in [6, 6.07) is 9.23. The van der Waals surface area contributed by atoms with Crippen molar-refractivity contribution in [1.29, 1.82) is 0 Å². The minimum Gasteiger partial charge on any atom is -0.294 e. The maximum absolute atomic E-state index is 13.2. The van der Waals surface area contributed by atoms with Crippen LogP contribution in [0.5, 0.6) is 0 Å². The van der Waals surface area contributed by atoms with Crippen LogP contribution < -0.4 is 5.56 Å². The highest BCUT2D eigenvalue weighted by atomic mass is 35.5. The molecule has 2 heterocycles. The number of hydrogen-bond acceptors (Lipinski definition) is 3. The molecule has 0 unspecified atom stereocenters. The van der Waals surface area contributed by atoms with Gasteiger partial charge in [-0.2, -0.15) is 0 Å². The Hall–Kier alpha value is -1.92. The molecule has 0 saturated heterocycles. The molecule has 0 saturated carbocycles. The van der Waals surface area contributed by atoms with Gasteiger partial charge in [-0.1, -0.05) is 46.9 Å². The summed E-state index contributed by atoms with van der Waals surface area (Å²) in [7, 11) is 0. The van der Waals surface area contributed by atoms with E-state index in [0.717, 1.165) is 5.56 Å². The summed E-state index contributed by atoms with van der Waals surface area (Å²) >= 11 is 19.9. The van der Waals surface area contributed by atoms with Gasteiger partial charge in [-0.25, -0.2) is 9.37 Å². The zero-order valence-corrected chi connectivity index (χ0v) is 16.6. The van der Waals surface area contributed by atoms with Crippen molar-refractivity contribution in [3.05, 3.63) is 84.9 Å². The van der Waals surface area contributed by atoms with Crippen molar-refractivity contribution < 1.29 is 4.39 Å². The molecule has 0 radical (unpaired) electrons. The van der Waals surface area contributed by atoms with Gasteiger partial charge in [-0.05, 0) is 29.8 Å². The molecule has 136 valence electrons. The largest absolute Gasteiger partial charge is 0.294 e. The lowest BCUT2D eigenvalue weighted by Crippen LogP contribution is -2.21. The van der Waals surface area contributed by atoms with E-state index in [0.29, 0.717) is 36.4 Å². The lowest BCUT2D eigenvalue weighted by atomic mass is 10.1. The van der Waals surface area contributed by atoms with Gasteiger partial charge in [0.05, 0.1) is 28.3 Å². The zero-order chi connectivity index (χ0) is 19.1. The van der Waals surface area contributed by atoms with Crippen LogP contribution >= 0.6 is 46.1 Å². The molecule has 0 fully saturated rings. The van der Waals surface area contributed by atoms with Crippen molar-refractivity contribution in [3.8, 4) is 11.1 Å². The molecule has 0 bridgehead atoms. The summed E-state index contributed by atoms with van der Waals surface area (Å²) in [4.78, 5) is 18.1. The quantitative estimate of drug-likeness (QED) is 0.352. The summed E-state index contributed by atoms with van der Waals surface area (Å²) in [5, 5.41) is 3.40. The molecule has 8 heteroatoms. The van der Waals surface area contributed by atoms with Crippen LogP contribution in [0, 0.1) is 5.82 Å². The van der Waals surface area contributed by atoms with Crippen LogP contribution in [-0.4, -0.2) is 9.55 Å². The molecular formula is C19H10Cl3FN2OS. The first kappa shape index (κ1) is 18.4. The first-order valence-corrected chi connectivity index (χ1v) is 9.82. The van der Waals surface area contributed by atoms with E-state index < -0.39 is 0 Å². The number of hydrogen-bond donors (Lipinski definition) is 0. The zero-order valence-electron chi connectivity index (χ0n) is 13.5. The minimum absolute atomic E-state index is 0.138. The van der Waals surface area contributed by atoms with E-state index in [1.54, 1.807) is 24.3 Å². The molecule has 2 aromatic heterocycles. The van der Waals surface area contributed by atoms with Crippen LogP contribution in [0.1, 0.15) is 5.56 Å². The van der Waals surface area contributed by atoms with E-state index in [-0.39, 0.29) is 17.9 Å². The van der Waals surface area contributed by atoms with Crippen LogP contribution in [0.4, 0.5) is 4.39 Å². The number of rotatable bonds is 3. The molecule has 0 N–H and O–H groups in total. The predicted octanol–water partition coefficient (Wildman–Crippen LogP) is 6.27. The number of aromatic nitrogens is 2. The molecule has 0 aliphatic carbocycles. The predicted molar refractivity (Wildman–Crippen MR) is 110 cm³/mol. The molecule has 3 nitrogen and oxygen atoms in total. The normalized spacial score (nSPS) is 11.3. The fraction of sp³-hybridized carbons (Fsp3) is 0.0526. The third-order valence-corrected chi connectivity index (χ3v) is 6.27. The fourth-order valence-corrected chi connectivity index (χ4v) is 4.38. The van der Waals surface area contributed by atoms with Gasteiger partial charge in [0.2, 0.25) is 0 Å². The topological polar surface area (TPSA) is 34.9 Å². The Bertz CT molecular complexity index is 1220. The minimum atomic E-state index is -0.334. The van der Waals surface area contributed by atoms with Gasteiger partial charge in [0.1, 0.15) is 10.6 Å². The fourth-order valence-electron chi connectivity index (χ4n) is 2.81. The number of nitrogens with zero attached hydrogens (tertiary/aromatic N) is 2. The number of fused-ring (bicyclic) bond motifs is 1. The van der Waals surface area contributed by atoms with Gasteiger partial charge in [-0.15, -0.1) is 11.3 Å². The third kappa shape index (κ3) is 3.36. The van der Waals surface area contributed by atoms with E-state index >= 15 is 0 Å². The van der Waals surface area contributed by atoms with E-state index in [1.807, 2.05) is 5.38 Å². The second-order valence-corrected chi connectivity index (χ2v) is 7.89. The SMILES string of the molecule is O=c1c2c(-c3ccc(F)cc3)csc2ncn1Cc1c(Cl)ccc(Cl)c1Cl. The molecule has 0 atom stereocenters. The highest BCUT2D eigenvalue weighted by Gasteiger charge is 2.16.